The highest BCUT2D eigenvalue weighted by molar-refractivity contribution is 5.96. The Morgan fingerprint density at radius 2 is 2.04 bits per heavy atom. The molecule has 2 aromatic rings. The molecule has 1 aliphatic rings. The molecule has 2 N–H and O–H groups in total. The van der Waals surface area contributed by atoms with E-state index in [2.05, 4.69) is 10.6 Å². The van der Waals surface area contributed by atoms with Crippen LogP contribution in [0, 0.1) is 6.92 Å². The van der Waals surface area contributed by atoms with Gasteiger partial charge in [0, 0.05) is 36.6 Å². The van der Waals surface area contributed by atoms with Gasteiger partial charge in [0.1, 0.15) is 17.6 Å². The van der Waals surface area contributed by atoms with Gasteiger partial charge in [-0.25, -0.2) is 0 Å². The fraction of sp³-hybridized carbons (Fsp3) is 0.364. The average Bonchev–Trinajstić information content (AvgIpc) is 3.01. The van der Waals surface area contributed by atoms with Crippen molar-refractivity contribution >= 4 is 17.5 Å². The highest BCUT2D eigenvalue weighted by Crippen LogP contribution is 2.38. The summed E-state index contributed by atoms with van der Waals surface area (Å²) in [5.41, 5.74) is 3.19. The lowest BCUT2D eigenvalue weighted by Crippen LogP contribution is -2.28. The molecule has 0 spiro atoms. The van der Waals surface area contributed by atoms with Crippen LogP contribution in [0.15, 0.2) is 36.4 Å². The Balaban J connectivity index is 1.58. The molecule has 1 heterocycles. The molecule has 3 rings (SSSR count). The standard InChI is InChI=1S/C22H26N2O4/c1-4-27-20-12-16-11-15(3)28-19(16)13-18(20)24-21(25)9-10-23-22(26)17-8-6-5-7-14(17)2/h5-8,12-13,15H,4,9-11H2,1-3H3,(H,23,26)(H,24,25). The van der Waals surface area contributed by atoms with E-state index in [1.165, 1.54) is 0 Å². The maximum atomic E-state index is 12.4. The van der Waals surface area contributed by atoms with E-state index in [4.69, 9.17) is 9.47 Å². The number of hydrogen-bond acceptors (Lipinski definition) is 4. The van der Waals surface area contributed by atoms with Gasteiger partial charge >= 0.3 is 0 Å². The molecule has 6 heteroatoms. The van der Waals surface area contributed by atoms with Crippen molar-refractivity contribution in [3.8, 4) is 11.5 Å². The Morgan fingerprint density at radius 3 is 2.79 bits per heavy atom. The Morgan fingerprint density at radius 1 is 1.25 bits per heavy atom. The van der Waals surface area contributed by atoms with Crippen LogP contribution in [0.5, 0.6) is 11.5 Å². The molecule has 0 saturated heterocycles. The van der Waals surface area contributed by atoms with Crippen molar-refractivity contribution in [3.63, 3.8) is 0 Å². The predicted molar refractivity (Wildman–Crippen MR) is 108 cm³/mol. The maximum Gasteiger partial charge on any atom is 0.251 e. The first kappa shape index (κ1) is 19.7. The van der Waals surface area contributed by atoms with Crippen molar-refractivity contribution in [1.82, 2.24) is 5.32 Å². The van der Waals surface area contributed by atoms with Gasteiger partial charge in [0.25, 0.3) is 5.91 Å². The number of carbonyl (C=O) groups excluding carboxylic acids is 2. The second-order valence-corrected chi connectivity index (χ2v) is 6.89. The normalized spacial score (nSPS) is 14.8. The molecule has 6 nitrogen and oxygen atoms in total. The van der Waals surface area contributed by atoms with Crippen molar-refractivity contribution in [3.05, 3.63) is 53.1 Å². The van der Waals surface area contributed by atoms with Gasteiger partial charge in [0.15, 0.2) is 0 Å². The van der Waals surface area contributed by atoms with Crippen molar-refractivity contribution in [1.29, 1.82) is 0 Å². The average molecular weight is 382 g/mol. The minimum absolute atomic E-state index is 0.118. The van der Waals surface area contributed by atoms with Gasteiger partial charge in [-0.3, -0.25) is 9.59 Å². The summed E-state index contributed by atoms with van der Waals surface area (Å²) in [5, 5.41) is 5.66. The molecular formula is C22H26N2O4. The summed E-state index contributed by atoms with van der Waals surface area (Å²) in [6.07, 6.45) is 1.11. The highest BCUT2D eigenvalue weighted by Gasteiger charge is 2.22. The Hall–Kier alpha value is -3.02. The zero-order chi connectivity index (χ0) is 20.1. The fourth-order valence-corrected chi connectivity index (χ4v) is 3.24. The Bertz CT molecular complexity index is 879. The second kappa shape index (κ2) is 8.78. The molecule has 0 fully saturated rings. The summed E-state index contributed by atoms with van der Waals surface area (Å²) < 4.78 is 11.4. The molecule has 1 aliphatic heterocycles. The fourth-order valence-electron chi connectivity index (χ4n) is 3.24. The highest BCUT2D eigenvalue weighted by atomic mass is 16.5. The van der Waals surface area contributed by atoms with Crippen molar-refractivity contribution in [2.45, 2.75) is 39.7 Å². The van der Waals surface area contributed by atoms with Crippen LogP contribution in [0.3, 0.4) is 0 Å². The molecular weight excluding hydrogens is 356 g/mol. The van der Waals surface area contributed by atoms with E-state index in [-0.39, 0.29) is 30.9 Å². The monoisotopic (exact) mass is 382 g/mol. The molecule has 1 unspecified atom stereocenters. The Labute approximate surface area is 165 Å². The van der Waals surface area contributed by atoms with Gasteiger partial charge in [0.05, 0.1) is 12.3 Å². The Kier molecular flexibility index (Phi) is 6.19. The molecule has 0 aromatic heterocycles. The lowest BCUT2D eigenvalue weighted by atomic mass is 10.1. The number of benzene rings is 2. The summed E-state index contributed by atoms with van der Waals surface area (Å²) in [7, 11) is 0. The van der Waals surface area contributed by atoms with E-state index in [9.17, 15) is 9.59 Å². The second-order valence-electron chi connectivity index (χ2n) is 6.89. The van der Waals surface area contributed by atoms with E-state index in [0.29, 0.717) is 23.6 Å². The van der Waals surface area contributed by atoms with E-state index in [1.54, 1.807) is 6.07 Å². The molecule has 2 amide bonds. The summed E-state index contributed by atoms with van der Waals surface area (Å²) in [6, 6.07) is 11.1. The van der Waals surface area contributed by atoms with Gasteiger partial charge < -0.3 is 20.1 Å². The first-order chi connectivity index (χ1) is 13.5. The third-order valence-corrected chi connectivity index (χ3v) is 4.60. The number of nitrogens with one attached hydrogen (secondary N) is 2. The first-order valence-corrected chi connectivity index (χ1v) is 9.58. The zero-order valence-corrected chi connectivity index (χ0v) is 16.5. The van der Waals surface area contributed by atoms with Gasteiger partial charge in [-0.2, -0.15) is 0 Å². The quantitative estimate of drug-likeness (QED) is 0.769. The summed E-state index contributed by atoms with van der Waals surface area (Å²) in [4.78, 5) is 24.6. The number of aryl methyl sites for hydroxylation is 1. The minimum atomic E-state index is -0.197. The molecule has 0 saturated carbocycles. The number of anilines is 1. The number of carbonyl (C=O) groups is 2. The van der Waals surface area contributed by atoms with Crippen molar-refractivity contribution in [2.24, 2.45) is 0 Å². The van der Waals surface area contributed by atoms with Crippen LogP contribution in [-0.2, 0) is 11.2 Å². The number of rotatable bonds is 7. The molecule has 0 radical (unpaired) electrons. The summed E-state index contributed by atoms with van der Waals surface area (Å²) in [6.45, 7) is 6.55. The zero-order valence-electron chi connectivity index (χ0n) is 16.5. The van der Waals surface area contributed by atoms with Crippen molar-refractivity contribution < 1.29 is 19.1 Å². The third-order valence-electron chi connectivity index (χ3n) is 4.60. The van der Waals surface area contributed by atoms with E-state index >= 15 is 0 Å². The van der Waals surface area contributed by atoms with Gasteiger partial charge in [-0.05, 0) is 38.5 Å². The molecule has 148 valence electrons. The van der Waals surface area contributed by atoms with E-state index < -0.39 is 0 Å². The molecule has 28 heavy (non-hydrogen) atoms. The molecule has 0 bridgehead atoms. The van der Waals surface area contributed by atoms with E-state index in [1.807, 2.05) is 51.1 Å². The van der Waals surface area contributed by atoms with E-state index in [0.717, 1.165) is 23.3 Å². The summed E-state index contributed by atoms with van der Waals surface area (Å²) >= 11 is 0. The summed E-state index contributed by atoms with van der Waals surface area (Å²) in [5.74, 6) is 1.04. The van der Waals surface area contributed by atoms with Crippen LogP contribution in [0.25, 0.3) is 0 Å². The van der Waals surface area contributed by atoms with Crippen LogP contribution in [0.4, 0.5) is 5.69 Å². The van der Waals surface area contributed by atoms with Crippen LogP contribution in [0.1, 0.15) is 41.8 Å². The lowest BCUT2D eigenvalue weighted by Gasteiger charge is -2.14. The smallest absolute Gasteiger partial charge is 0.251 e. The lowest BCUT2D eigenvalue weighted by molar-refractivity contribution is -0.116. The van der Waals surface area contributed by atoms with Gasteiger partial charge in [-0.1, -0.05) is 18.2 Å². The van der Waals surface area contributed by atoms with Crippen LogP contribution in [-0.4, -0.2) is 31.1 Å². The topological polar surface area (TPSA) is 76.7 Å². The number of ether oxygens (including phenoxy) is 2. The van der Waals surface area contributed by atoms with Gasteiger partial charge in [-0.15, -0.1) is 0 Å². The molecule has 1 atom stereocenters. The van der Waals surface area contributed by atoms with Crippen molar-refractivity contribution in [2.75, 3.05) is 18.5 Å². The predicted octanol–water partition coefficient (Wildman–Crippen LogP) is 3.48. The minimum Gasteiger partial charge on any atom is -0.492 e. The molecule has 2 aromatic carbocycles. The number of amides is 2. The largest absolute Gasteiger partial charge is 0.492 e. The SMILES string of the molecule is CCOc1cc2c(cc1NC(=O)CCNC(=O)c1ccccc1C)OC(C)C2. The molecule has 0 aliphatic carbocycles. The third kappa shape index (κ3) is 4.63. The first-order valence-electron chi connectivity index (χ1n) is 9.58. The van der Waals surface area contributed by atoms with Crippen LogP contribution < -0.4 is 20.1 Å². The number of fused-ring (bicyclic) bond motifs is 1. The van der Waals surface area contributed by atoms with Gasteiger partial charge in [0.2, 0.25) is 5.91 Å². The van der Waals surface area contributed by atoms with Crippen LogP contribution >= 0.6 is 0 Å². The van der Waals surface area contributed by atoms with Crippen LogP contribution in [0.2, 0.25) is 0 Å². The maximum absolute atomic E-state index is 12.4. The number of hydrogen-bond donors (Lipinski definition) is 2.